The molecule has 1 aliphatic rings. The molecule has 1 aromatic carbocycles. The summed E-state index contributed by atoms with van der Waals surface area (Å²) >= 11 is 0. The third kappa shape index (κ3) is 4.76. The monoisotopic (exact) mass is 386 g/mol. The average molecular weight is 386 g/mol. The topological polar surface area (TPSA) is 83.4 Å². The molecule has 2 heterocycles. The molecule has 1 aliphatic heterocycles. The smallest absolute Gasteiger partial charge is 0.324 e. The molecule has 1 saturated heterocycles. The van der Waals surface area contributed by atoms with Crippen LogP contribution in [0, 0.1) is 5.82 Å². The maximum Gasteiger partial charge on any atom is 0.324 e. The molecule has 1 aromatic heterocycles. The van der Waals surface area contributed by atoms with E-state index in [9.17, 15) is 18.8 Å². The van der Waals surface area contributed by atoms with Crippen molar-refractivity contribution in [1.82, 2.24) is 20.1 Å². The molecule has 28 heavy (non-hydrogen) atoms. The van der Waals surface area contributed by atoms with Gasteiger partial charge in [-0.2, -0.15) is 0 Å². The Bertz CT molecular complexity index is 880. The number of imide groups is 1. The molecule has 0 radical (unpaired) electrons. The number of amides is 4. The van der Waals surface area contributed by atoms with Crippen LogP contribution in [0.15, 0.2) is 42.6 Å². The maximum atomic E-state index is 13.2. The lowest BCUT2D eigenvalue weighted by atomic mass is 10.1. The number of carbonyl (C=O) groups excluding carboxylic acids is 3. The summed E-state index contributed by atoms with van der Waals surface area (Å²) in [4.78, 5) is 37.7. The van der Waals surface area contributed by atoms with E-state index < -0.39 is 12.1 Å². The molecule has 8 heteroatoms. The maximum absolute atomic E-state index is 13.2. The first-order valence-corrected chi connectivity index (χ1v) is 9.17. The van der Waals surface area contributed by atoms with E-state index in [2.05, 4.69) is 10.6 Å². The largest absolute Gasteiger partial charge is 0.353 e. The molecule has 3 rings (SSSR count). The highest BCUT2D eigenvalue weighted by molar-refractivity contribution is 6.04. The zero-order chi connectivity index (χ0) is 20.1. The molecule has 0 spiro atoms. The summed E-state index contributed by atoms with van der Waals surface area (Å²) in [5.41, 5.74) is 1.69. The van der Waals surface area contributed by atoms with Crippen LogP contribution in [0.1, 0.15) is 24.1 Å². The van der Waals surface area contributed by atoms with Crippen molar-refractivity contribution in [2.24, 2.45) is 7.05 Å². The minimum absolute atomic E-state index is 0.138. The lowest BCUT2D eigenvalue weighted by molar-refractivity contribution is -0.127. The molecule has 148 valence electrons. The fourth-order valence-corrected chi connectivity index (χ4v) is 3.15. The first-order chi connectivity index (χ1) is 13.4. The summed E-state index contributed by atoms with van der Waals surface area (Å²) in [7, 11) is 1.90. The van der Waals surface area contributed by atoms with Crippen molar-refractivity contribution in [3.05, 3.63) is 59.7 Å². The average Bonchev–Trinajstić information content (AvgIpc) is 3.19. The summed E-state index contributed by atoms with van der Waals surface area (Å²) in [5.74, 6) is -0.882. The minimum Gasteiger partial charge on any atom is -0.353 e. The summed E-state index contributed by atoms with van der Waals surface area (Å²) in [6.07, 6.45) is 2.65. The van der Waals surface area contributed by atoms with Gasteiger partial charge in [0.05, 0.1) is 6.54 Å². The van der Waals surface area contributed by atoms with Gasteiger partial charge in [0.2, 0.25) is 5.91 Å². The van der Waals surface area contributed by atoms with Gasteiger partial charge < -0.3 is 15.2 Å². The van der Waals surface area contributed by atoms with E-state index in [1.165, 1.54) is 12.1 Å². The van der Waals surface area contributed by atoms with Crippen LogP contribution >= 0.6 is 0 Å². The number of nitrogens with one attached hydrogen (secondary N) is 2. The number of urea groups is 1. The molecule has 1 atom stereocenters. The Morgan fingerprint density at radius 1 is 1.25 bits per heavy atom. The van der Waals surface area contributed by atoms with Crippen molar-refractivity contribution in [1.29, 1.82) is 0 Å². The third-order valence-corrected chi connectivity index (χ3v) is 4.80. The summed E-state index contributed by atoms with van der Waals surface area (Å²) in [6.45, 7) is 0.581. The molecule has 1 fully saturated rings. The molecule has 0 aliphatic carbocycles. The second-order valence-electron chi connectivity index (χ2n) is 6.80. The predicted octanol–water partition coefficient (Wildman–Crippen LogP) is 1.72. The fraction of sp³-hybridized carbons (Fsp3) is 0.350. The molecule has 0 bridgehead atoms. The van der Waals surface area contributed by atoms with Crippen molar-refractivity contribution in [2.75, 3.05) is 6.54 Å². The highest BCUT2D eigenvalue weighted by Crippen LogP contribution is 2.13. The molecule has 2 aromatic rings. The van der Waals surface area contributed by atoms with Gasteiger partial charge in [-0.15, -0.1) is 0 Å². The van der Waals surface area contributed by atoms with Crippen LogP contribution in [0.5, 0.6) is 0 Å². The Kier molecular flexibility index (Phi) is 6.08. The van der Waals surface area contributed by atoms with Gasteiger partial charge in [0.25, 0.3) is 5.91 Å². The van der Waals surface area contributed by atoms with Crippen LogP contribution in [0.3, 0.4) is 0 Å². The summed E-state index contributed by atoms with van der Waals surface area (Å²) in [6, 6.07) is 8.69. The molecular weight excluding hydrogens is 363 g/mol. The van der Waals surface area contributed by atoms with E-state index in [4.69, 9.17) is 0 Å². The number of rotatable bonds is 8. The number of benzene rings is 1. The number of halogens is 1. The number of nitrogens with zero attached hydrogens (tertiary/aromatic N) is 2. The van der Waals surface area contributed by atoms with Crippen LogP contribution in [-0.4, -0.2) is 39.9 Å². The van der Waals surface area contributed by atoms with Crippen molar-refractivity contribution in [3.8, 4) is 0 Å². The highest BCUT2D eigenvalue weighted by atomic mass is 19.1. The van der Waals surface area contributed by atoms with Gasteiger partial charge in [0.1, 0.15) is 11.9 Å². The van der Waals surface area contributed by atoms with Gasteiger partial charge in [0, 0.05) is 31.9 Å². The van der Waals surface area contributed by atoms with E-state index >= 15 is 0 Å². The lowest BCUT2D eigenvalue weighted by Crippen LogP contribution is -2.34. The molecule has 1 unspecified atom stereocenters. The second kappa shape index (κ2) is 8.69. The zero-order valence-corrected chi connectivity index (χ0v) is 15.7. The van der Waals surface area contributed by atoms with E-state index in [0.29, 0.717) is 18.5 Å². The number of aromatic nitrogens is 1. The molecule has 2 N–H and O–H groups in total. The Morgan fingerprint density at radius 3 is 2.79 bits per heavy atom. The molecule has 4 amide bonds. The van der Waals surface area contributed by atoms with E-state index in [1.54, 1.807) is 12.1 Å². The van der Waals surface area contributed by atoms with Crippen molar-refractivity contribution < 1.29 is 18.8 Å². The van der Waals surface area contributed by atoms with Crippen LogP contribution < -0.4 is 10.6 Å². The minimum atomic E-state index is -0.708. The Morgan fingerprint density at radius 2 is 2.07 bits per heavy atom. The quantitative estimate of drug-likeness (QED) is 0.678. The fourth-order valence-electron chi connectivity index (χ4n) is 3.15. The number of hydrogen-bond acceptors (Lipinski definition) is 3. The molecule has 0 saturated carbocycles. The van der Waals surface area contributed by atoms with Gasteiger partial charge >= 0.3 is 6.03 Å². The van der Waals surface area contributed by atoms with Gasteiger partial charge in [0.15, 0.2) is 0 Å². The Hall–Kier alpha value is -3.16. The molecule has 7 nitrogen and oxygen atoms in total. The number of aryl methyl sites for hydroxylation is 1. The zero-order valence-electron chi connectivity index (χ0n) is 15.7. The Labute approximate surface area is 162 Å². The highest BCUT2D eigenvalue weighted by Gasteiger charge is 2.37. The number of hydrogen-bond donors (Lipinski definition) is 2. The van der Waals surface area contributed by atoms with Crippen molar-refractivity contribution in [3.63, 3.8) is 0 Å². The van der Waals surface area contributed by atoms with Gasteiger partial charge in [-0.1, -0.05) is 12.1 Å². The summed E-state index contributed by atoms with van der Waals surface area (Å²) in [5, 5.41) is 5.42. The van der Waals surface area contributed by atoms with Crippen LogP contribution in [0.2, 0.25) is 0 Å². The van der Waals surface area contributed by atoms with Gasteiger partial charge in [-0.25, -0.2) is 9.18 Å². The first kappa shape index (κ1) is 19.6. The van der Waals surface area contributed by atoms with Crippen LogP contribution in [0.4, 0.5) is 9.18 Å². The van der Waals surface area contributed by atoms with Gasteiger partial charge in [-0.05, 0) is 42.7 Å². The first-order valence-electron chi connectivity index (χ1n) is 9.17. The van der Waals surface area contributed by atoms with Crippen LogP contribution in [0.25, 0.3) is 0 Å². The van der Waals surface area contributed by atoms with E-state index in [0.717, 1.165) is 10.6 Å². The Balaban J connectivity index is 1.45. The predicted molar refractivity (Wildman–Crippen MR) is 101 cm³/mol. The van der Waals surface area contributed by atoms with Crippen molar-refractivity contribution in [2.45, 2.75) is 31.8 Å². The summed E-state index contributed by atoms with van der Waals surface area (Å²) < 4.78 is 15.1. The lowest BCUT2D eigenvalue weighted by Gasteiger charge is -2.13. The van der Waals surface area contributed by atoms with Crippen LogP contribution in [-0.2, 0) is 29.6 Å². The normalized spacial score (nSPS) is 16.4. The third-order valence-electron chi connectivity index (χ3n) is 4.80. The van der Waals surface area contributed by atoms with Gasteiger partial charge in [-0.3, -0.25) is 14.5 Å². The standard InChI is InChI=1S/C20H23FN4O3/c1-24-10-3-6-16(24)13-22-18(26)8-7-17-19(27)25(20(28)23-17)11-9-14-4-2-5-15(21)12-14/h2-6,10,12,17H,7-9,11,13H2,1H3,(H,22,26)(H,23,28). The second-order valence-corrected chi connectivity index (χ2v) is 6.80. The molecular formula is C20H23FN4O3. The number of carbonyl (C=O) groups is 3. The van der Waals surface area contributed by atoms with E-state index in [-0.39, 0.29) is 37.0 Å². The SMILES string of the molecule is Cn1cccc1CNC(=O)CCC1NC(=O)N(CCc2cccc(F)c2)C1=O. The van der Waals surface area contributed by atoms with E-state index in [1.807, 2.05) is 29.9 Å². The van der Waals surface area contributed by atoms with Crippen molar-refractivity contribution >= 4 is 17.8 Å².